The highest BCUT2D eigenvalue weighted by atomic mass is 16.5. The molecule has 1 rings (SSSR count). The molecule has 0 aromatic rings. The van der Waals surface area contributed by atoms with Crippen LogP contribution in [0.1, 0.15) is 52.4 Å². The maximum atomic E-state index is 9.89. The maximum absolute atomic E-state index is 9.89. The SMILES string of the molecule is CCCCC(C)CC(O)C1CCCO1. The van der Waals surface area contributed by atoms with Crippen LogP contribution in [0.5, 0.6) is 0 Å². The molecule has 3 atom stereocenters. The molecule has 84 valence electrons. The van der Waals surface area contributed by atoms with Crippen LogP contribution in [0.4, 0.5) is 0 Å². The van der Waals surface area contributed by atoms with Crippen molar-refractivity contribution in [3.63, 3.8) is 0 Å². The molecule has 0 aromatic heterocycles. The molecular weight excluding hydrogens is 176 g/mol. The van der Waals surface area contributed by atoms with Crippen molar-refractivity contribution in [3.05, 3.63) is 0 Å². The molecule has 0 spiro atoms. The Labute approximate surface area is 87.7 Å². The van der Waals surface area contributed by atoms with E-state index in [9.17, 15) is 5.11 Å². The van der Waals surface area contributed by atoms with Crippen molar-refractivity contribution in [2.24, 2.45) is 5.92 Å². The van der Waals surface area contributed by atoms with Crippen LogP contribution in [0.3, 0.4) is 0 Å². The van der Waals surface area contributed by atoms with E-state index in [2.05, 4.69) is 13.8 Å². The molecule has 1 fully saturated rings. The van der Waals surface area contributed by atoms with Gasteiger partial charge in [0, 0.05) is 6.61 Å². The van der Waals surface area contributed by atoms with Gasteiger partial charge in [-0.25, -0.2) is 0 Å². The van der Waals surface area contributed by atoms with Crippen LogP contribution in [0.25, 0.3) is 0 Å². The van der Waals surface area contributed by atoms with Gasteiger partial charge in [0.1, 0.15) is 0 Å². The first-order valence-electron chi connectivity index (χ1n) is 6.03. The first-order chi connectivity index (χ1) is 6.74. The number of aliphatic hydroxyl groups is 1. The maximum Gasteiger partial charge on any atom is 0.0834 e. The molecule has 1 N–H and O–H groups in total. The van der Waals surface area contributed by atoms with Crippen molar-refractivity contribution >= 4 is 0 Å². The molecule has 1 aliphatic rings. The summed E-state index contributed by atoms with van der Waals surface area (Å²) in [5.74, 6) is 0.633. The van der Waals surface area contributed by atoms with Gasteiger partial charge in [-0.05, 0) is 25.2 Å². The molecule has 14 heavy (non-hydrogen) atoms. The third-order valence-electron chi connectivity index (χ3n) is 3.09. The van der Waals surface area contributed by atoms with E-state index in [-0.39, 0.29) is 12.2 Å². The van der Waals surface area contributed by atoms with Gasteiger partial charge in [-0.1, -0.05) is 33.1 Å². The largest absolute Gasteiger partial charge is 0.390 e. The zero-order valence-electron chi connectivity index (χ0n) is 9.54. The summed E-state index contributed by atoms with van der Waals surface area (Å²) in [7, 11) is 0. The van der Waals surface area contributed by atoms with Gasteiger partial charge in [-0.15, -0.1) is 0 Å². The Morgan fingerprint density at radius 1 is 1.50 bits per heavy atom. The van der Waals surface area contributed by atoms with E-state index >= 15 is 0 Å². The quantitative estimate of drug-likeness (QED) is 0.714. The summed E-state index contributed by atoms with van der Waals surface area (Å²) in [6, 6.07) is 0. The minimum Gasteiger partial charge on any atom is -0.390 e. The second-order valence-electron chi connectivity index (χ2n) is 4.60. The van der Waals surface area contributed by atoms with E-state index in [1.165, 1.54) is 19.3 Å². The van der Waals surface area contributed by atoms with Crippen molar-refractivity contribution in [3.8, 4) is 0 Å². The summed E-state index contributed by atoms with van der Waals surface area (Å²) in [4.78, 5) is 0. The molecule has 1 aliphatic heterocycles. The van der Waals surface area contributed by atoms with Crippen LogP contribution in [-0.2, 0) is 4.74 Å². The zero-order chi connectivity index (χ0) is 10.4. The molecule has 0 aromatic carbocycles. The second-order valence-corrected chi connectivity index (χ2v) is 4.60. The molecule has 1 heterocycles. The number of hydrogen-bond donors (Lipinski definition) is 1. The van der Waals surface area contributed by atoms with E-state index in [4.69, 9.17) is 4.74 Å². The van der Waals surface area contributed by atoms with Crippen LogP contribution in [0.2, 0.25) is 0 Å². The lowest BCUT2D eigenvalue weighted by Crippen LogP contribution is -2.27. The Kier molecular flexibility index (Phi) is 5.49. The third-order valence-corrected chi connectivity index (χ3v) is 3.09. The number of ether oxygens (including phenoxy) is 1. The number of unbranched alkanes of at least 4 members (excludes halogenated alkanes) is 1. The highest BCUT2D eigenvalue weighted by Crippen LogP contribution is 2.22. The third kappa shape index (κ3) is 3.97. The van der Waals surface area contributed by atoms with Crippen molar-refractivity contribution in [2.45, 2.75) is 64.6 Å². The minimum atomic E-state index is -0.232. The lowest BCUT2D eigenvalue weighted by molar-refractivity contribution is -0.0125. The van der Waals surface area contributed by atoms with E-state index in [1.54, 1.807) is 0 Å². The second kappa shape index (κ2) is 6.41. The molecule has 2 heteroatoms. The van der Waals surface area contributed by atoms with E-state index < -0.39 is 0 Å². The van der Waals surface area contributed by atoms with Gasteiger partial charge in [-0.2, -0.15) is 0 Å². The van der Waals surface area contributed by atoms with Crippen LogP contribution in [0.15, 0.2) is 0 Å². The monoisotopic (exact) mass is 200 g/mol. The molecule has 0 saturated carbocycles. The smallest absolute Gasteiger partial charge is 0.0834 e. The first kappa shape index (κ1) is 12.0. The molecule has 2 nitrogen and oxygen atoms in total. The van der Waals surface area contributed by atoms with Crippen molar-refractivity contribution in [1.82, 2.24) is 0 Å². The summed E-state index contributed by atoms with van der Waals surface area (Å²) < 4.78 is 5.47. The van der Waals surface area contributed by atoms with Crippen LogP contribution in [-0.4, -0.2) is 23.9 Å². The highest BCUT2D eigenvalue weighted by molar-refractivity contribution is 4.75. The van der Waals surface area contributed by atoms with Crippen LogP contribution >= 0.6 is 0 Å². The summed E-state index contributed by atoms with van der Waals surface area (Å²) in [5.41, 5.74) is 0. The lowest BCUT2D eigenvalue weighted by Gasteiger charge is -2.20. The van der Waals surface area contributed by atoms with Gasteiger partial charge in [0.15, 0.2) is 0 Å². The first-order valence-corrected chi connectivity index (χ1v) is 6.03. The summed E-state index contributed by atoms with van der Waals surface area (Å²) in [5, 5.41) is 9.89. The zero-order valence-corrected chi connectivity index (χ0v) is 9.54. The fraction of sp³-hybridized carbons (Fsp3) is 1.00. The number of aliphatic hydroxyl groups excluding tert-OH is 1. The van der Waals surface area contributed by atoms with Crippen molar-refractivity contribution in [1.29, 1.82) is 0 Å². The highest BCUT2D eigenvalue weighted by Gasteiger charge is 2.25. The molecule has 0 radical (unpaired) electrons. The van der Waals surface area contributed by atoms with Crippen LogP contribution < -0.4 is 0 Å². The van der Waals surface area contributed by atoms with Gasteiger partial charge in [-0.3, -0.25) is 0 Å². The topological polar surface area (TPSA) is 29.5 Å². The van der Waals surface area contributed by atoms with E-state index in [0.717, 1.165) is 25.9 Å². The van der Waals surface area contributed by atoms with E-state index in [0.29, 0.717) is 5.92 Å². The number of rotatable bonds is 6. The van der Waals surface area contributed by atoms with Crippen LogP contribution in [0, 0.1) is 5.92 Å². The van der Waals surface area contributed by atoms with Gasteiger partial charge in [0.2, 0.25) is 0 Å². The standard InChI is InChI=1S/C12H24O2/c1-3-4-6-10(2)9-11(13)12-7-5-8-14-12/h10-13H,3-9H2,1-2H3. The Bertz CT molecular complexity index is 141. The summed E-state index contributed by atoms with van der Waals surface area (Å²) >= 11 is 0. The van der Waals surface area contributed by atoms with Crippen molar-refractivity contribution in [2.75, 3.05) is 6.61 Å². The number of hydrogen-bond acceptors (Lipinski definition) is 2. The minimum absolute atomic E-state index is 0.124. The fourth-order valence-electron chi connectivity index (χ4n) is 2.14. The fourth-order valence-corrected chi connectivity index (χ4v) is 2.14. The Morgan fingerprint density at radius 2 is 2.29 bits per heavy atom. The molecule has 0 bridgehead atoms. The van der Waals surface area contributed by atoms with Crippen molar-refractivity contribution < 1.29 is 9.84 Å². The average molecular weight is 200 g/mol. The average Bonchev–Trinajstić information content (AvgIpc) is 2.67. The van der Waals surface area contributed by atoms with Gasteiger partial charge >= 0.3 is 0 Å². The Balaban J connectivity index is 2.14. The van der Waals surface area contributed by atoms with Gasteiger partial charge in [0.25, 0.3) is 0 Å². The molecule has 0 amide bonds. The predicted molar refractivity (Wildman–Crippen MR) is 58.3 cm³/mol. The Morgan fingerprint density at radius 3 is 2.86 bits per heavy atom. The lowest BCUT2D eigenvalue weighted by atomic mass is 9.94. The molecular formula is C12H24O2. The molecule has 1 saturated heterocycles. The normalized spacial score (nSPS) is 26.4. The Hall–Kier alpha value is -0.0800. The van der Waals surface area contributed by atoms with Gasteiger partial charge < -0.3 is 9.84 Å². The predicted octanol–water partition coefficient (Wildman–Crippen LogP) is 2.74. The summed E-state index contributed by atoms with van der Waals surface area (Å²) in [6.07, 6.45) is 6.72. The summed E-state index contributed by atoms with van der Waals surface area (Å²) in [6.45, 7) is 5.28. The van der Waals surface area contributed by atoms with E-state index in [1.807, 2.05) is 0 Å². The molecule has 0 aliphatic carbocycles. The van der Waals surface area contributed by atoms with Gasteiger partial charge in [0.05, 0.1) is 12.2 Å². The molecule has 3 unspecified atom stereocenters.